The summed E-state index contributed by atoms with van der Waals surface area (Å²) in [4.78, 5) is 24.8. The zero-order valence-electron chi connectivity index (χ0n) is 10.5. The molecule has 0 aliphatic heterocycles. The van der Waals surface area contributed by atoms with Crippen molar-refractivity contribution in [1.82, 2.24) is 4.90 Å². The van der Waals surface area contributed by atoms with Gasteiger partial charge in [-0.25, -0.2) is 4.79 Å². The largest absolute Gasteiger partial charge is 0.478 e. The number of aromatic carboxylic acids is 1. The summed E-state index contributed by atoms with van der Waals surface area (Å²) in [5.41, 5.74) is 0.204. The van der Waals surface area contributed by atoms with Gasteiger partial charge in [0.05, 0.1) is 23.8 Å². The average molecular weight is 278 g/mol. The molecule has 0 spiro atoms. The third-order valence-corrected chi connectivity index (χ3v) is 3.41. The molecule has 0 aromatic heterocycles. The molecule has 100 valence electrons. The second-order valence-electron chi connectivity index (χ2n) is 3.85. The van der Waals surface area contributed by atoms with E-state index in [4.69, 9.17) is 10.4 Å². The minimum Gasteiger partial charge on any atom is -0.478 e. The molecule has 0 fully saturated rings. The topological polar surface area (TPSA) is 81.4 Å². The van der Waals surface area contributed by atoms with Crippen molar-refractivity contribution >= 4 is 23.6 Å². The van der Waals surface area contributed by atoms with E-state index in [-0.39, 0.29) is 17.2 Å². The van der Waals surface area contributed by atoms with Crippen LogP contribution >= 0.6 is 11.8 Å². The van der Waals surface area contributed by atoms with E-state index in [9.17, 15) is 9.59 Å². The highest BCUT2D eigenvalue weighted by atomic mass is 32.2. The summed E-state index contributed by atoms with van der Waals surface area (Å²) in [7, 11) is 1.65. The molecule has 0 unspecified atom stereocenters. The number of carboxylic acid groups (broad SMARTS) is 1. The van der Waals surface area contributed by atoms with Crippen molar-refractivity contribution in [2.75, 3.05) is 19.3 Å². The lowest BCUT2D eigenvalue weighted by Gasteiger charge is -2.14. The van der Waals surface area contributed by atoms with Gasteiger partial charge in [-0.05, 0) is 18.2 Å². The second-order valence-corrected chi connectivity index (χ2v) is 4.89. The number of amides is 1. The van der Waals surface area contributed by atoms with E-state index < -0.39 is 5.97 Å². The number of thioether (sulfide) groups is 1. The maximum absolute atomic E-state index is 11.7. The quantitative estimate of drug-likeness (QED) is 0.803. The fourth-order valence-corrected chi connectivity index (χ4v) is 2.21. The first-order chi connectivity index (χ1) is 9.04. The highest BCUT2D eigenvalue weighted by Crippen LogP contribution is 2.19. The Hall–Kier alpha value is -2.00. The van der Waals surface area contributed by atoms with Crippen LogP contribution in [0.2, 0.25) is 0 Å². The van der Waals surface area contributed by atoms with Crippen LogP contribution in [0.1, 0.15) is 16.8 Å². The highest BCUT2D eigenvalue weighted by Gasteiger charge is 2.10. The maximum Gasteiger partial charge on any atom is 0.335 e. The molecule has 1 rings (SSSR count). The van der Waals surface area contributed by atoms with Gasteiger partial charge in [-0.1, -0.05) is 6.07 Å². The van der Waals surface area contributed by atoms with Crippen LogP contribution in [0, 0.1) is 11.3 Å². The zero-order valence-corrected chi connectivity index (χ0v) is 11.3. The predicted molar refractivity (Wildman–Crippen MR) is 72.0 cm³/mol. The Labute approximate surface area is 115 Å². The van der Waals surface area contributed by atoms with Crippen molar-refractivity contribution < 1.29 is 14.7 Å². The number of rotatable bonds is 6. The van der Waals surface area contributed by atoms with Gasteiger partial charge in [0, 0.05) is 18.5 Å². The first kappa shape index (κ1) is 15.1. The molecule has 0 aliphatic rings. The first-order valence-electron chi connectivity index (χ1n) is 5.61. The lowest BCUT2D eigenvalue weighted by atomic mass is 10.2. The molecule has 1 N–H and O–H groups in total. The van der Waals surface area contributed by atoms with E-state index in [0.29, 0.717) is 13.0 Å². The molecule has 1 aromatic carbocycles. The minimum absolute atomic E-state index is 0.0824. The van der Waals surface area contributed by atoms with Crippen LogP contribution < -0.4 is 0 Å². The molecule has 0 saturated carbocycles. The van der Waals surface area contributed by atoms with Gasteiger partial charge in [0.1, 0.15) is 0 Å². The molecule has 5 nitrogen and oxygen atoms in total. The molecule has 0 aliphatic carbocycles. The number of carbonyl (C=O) groups is 2. The van der Waals surface area contributed by atoms with E-state index >= 15 is 0 Å². The minimum atomic E-state index is -0.986. The Morgan fingerprint density at radius 3 is 2.84 bits per heavy atom. The number of hydrogen-bond donors (Lipinski definition) is 1. The summed E-state index contributed by atoms with van der Waals surface area (Å²) < 4.78 is 0. The number of carbonyl (C=O) groups excluding carboxylic acids is 1. The third-order valence-electron chi connectivity index (χ3n) is 2.43. The van der Waals surface area contributed by atoms with E-state index in [2.05, 4.69) is 0 Å². The molecule has 0 radical (unpaired) electrons. The predicted octanol–water partition coefficient (Wildman–Crippen LogP) is 1.85. The van der Waals surface area contributed by atoms with E-state index in [1.54, 1.807) is 19.2 Å². The Kier molecular flexibility index (Phi) is 5.90. The van der Waals surface area contributed by atoms with Crippen molar-refractivity contribution in [3.8, 4) is 6.07 Å². The van der Waals surface area contributed by atoms with Crippen molar-refractivity contribution in [1.29, 1.82) is 5.26 Å². The van der Waals surface area contributed by atoms with E-state index in [0.717, 1.165) is 4.90 Å². The fraction of sp³-hybridized carbons (Fsp3) is 0.308. The van der Waals surface area contributed by atoms with Gasteiger partial charge < -0.3 is 10.0 Å². The zero-order chi connectivity index (χ0) is 14.3. The molecule has 0 saturated heterocycles. The van der Waals surface area contributed by atoms with Gasteiger partial charge in [-0.3, -0.25) is 4.79 Å². The first-order valence-corrected chi connectivity index (χ1v) is 6.60. The molecule has 0 bridgehead atoms. The van der Waals surface area contributed by atoms with Crippen molar-refractivity contribution in [3.63, 3.8) is 0 Å². The standard InChI is InChI=1S/C13H14N2O3S/c1-15(7-3-6-14)12(16)9-19-11-5-2-4-10(8-11)13(17)18/h2,4-5,8H,3,7,9H2,1H3,(H,17,18). The smallest absolute Gasteiger partial charge is 0.335 e. The number of nitriles is 1. The van der Waals surface area contributed by atoms with Crippen LogP contribution in [0.4, 0.5) is 0 Å². The van der Waals surface area contributed by atoms with Gasteiger partial charge in [0.15, 0.2) is 0 Å². The lowest BCUT2D eigenvalue weighted by Crippen LogP contribution is -2.29. The summed E-state index contributed by atoms with van der Waals surface area (Å²) in [6.45, 7) is 0.408. The van der Waals surface area contributed by atoms with Crippen LogP contribution in [0.25, 0.3) is 0 Å². The summed E-state index contributed by atoms with van der Waals surface area (Å²) in [6.07, 6.45) is 0.307. The molecule has 0 atom stereocenters. The van der Waals surface area contributed by atoms with Crippen LogP contribution in [0.3, 0.4) is 0 Å². The van der Waals surface area contributed by atoms with Crippen molar-refractivity contribution in [2.45, 2.75) is 11.3 Å². The molecule has 1 aromatic rings. The molecule has 0 heterocycles. The van der Waals surface area contributed by atoms with Crippen LogP contribution in [-0.2, 0) is 4.79 Å². The summed E-state index contributed by atoms with van der Waals surface area (Å²) in [5.74, 6) is -0.841. The monoisotopic (exact) mass is 278 g/mol. The number of carboxylic acids is 1. The Bertz CT molecular complexity index is 511. The van der Waals surface area contributed by atoms with Crippen molar-refractivity contribution in [2.24, 2.45) is 0 Å². The van der Waals surface area contributed by atoms with Gasteiger partial charge in [-0.15, -0.1) is 11.8 Å². The number of benzene rings is 1. The molecule has 19 heavy (non-hydrogen) atoms. The third kappa shape index (κ3) is 5.02. The highest BCUT2D eigenvalue weighted by molar-refractivity contribution is 8.00. The lowest BCUT2D eigenvalue weighted by molar-refractivity contribution is -0.127. The summed E-state index contributed by atoms with van der Waals surface area (Å²) in [5, 5.41) is 17.3. The van der Waals surface area contributed by atoms with Gasteiger partial charge >= 0.3 is 5.97 Å². The number of hydrogen-bond acceptors (Lipinski definition) is 4. The molecule has 6 heteroatoms. The SMILES string of the molecule is CN(CCC#N)C(=O)CSc1cccc(C(=O)O)c1. The van der Waals surface area contributed by atoms with E-state index in [1.165, 1.54) is 28.8 Å². The van der Waals surface area contributed by atoms with Gasteiger partial charge in [0.2, 0.25) is 5.91 Å². The average Bonchev–Trinajstić information content (AvgIpc) is 2.42. The van der Waals surface area contributed by atoms with Crippen molar-refractivity contribution in [3.05, 3.63) is 29.8 Å². The van der Waals surface area contributed by atoms with Crippen LogP contribution in [0.5, 0.6) is 0 Å². The van der Waals surface area contributed by atoms with Crippen LogP contribution in [-0.4, -0.2) is 41.2 Å². The van der Waals surface area contributed by atoms with E-state index in [1.807, 2.05) is 6.07 Å². The number of nitrogens with zero attached hydrogens (tertiary/aromatic N) is 2. The maximum atomic E-state index is 11.7. The van der Waals surface area contributed by atoms with Gasteiger partial charge in [-0.2, -0.15) is 5.26 Å². The molecular formula is C13H14N2O3S. The van der Waals surface area contributed by atoms with Crippen LogP contribution in [0.15, 0.2) is 29.2 Å². The Balaban J connectivity index is 2.52. The normalized spacial score (nSPS) is 9.68. The van der Waals surface area contributed by atoms with Gasteiger partial charge in [0.25, 0.3) is 0 Å². The fourth-order valence-electron chi connectivity index (χ4n) is 1.32. The molecular weight excluding hydrogens is 264 g/mol. The molecule has 1 amide bonds. The second kappa shape index (κ2) is 7.44. The Morgan fingerprint density at radius 1 is 1.47 bits per heavy atom. The Morgan fingerprint density at radius 2 is 2.21 bits per heavy atom. The summed E-state index contributed by atoms with van der Waals surface area (Å²) in [6, 6.07) is 8.44. The summed E-state index contributed by atoms with van der Waals surface area (Å²) >= 11 is 1.28.